The van der Waals surface area contributed by atoms with Gasteiger partial charge in [-0.3, -0.25) is 4.79 Å². The van der Waals surface area contributed by atoms with E-state index in [1.165, 1.54) is 25.8 Å². The number of hydrogen-bond donors (Lipinski definition) is 0. The molecule has 0 aromatic rings. The fraction of sp³-hybridized carbons (Fsp3) is 0.875. The molecule has 2 rings (SSSR count). The zero-order chi connectivity index (χ0) is 15.2. The van der Waals surface area contributed by atoms with E-state index in [0.29, 0.717) is 19.4 Å². The van der Waals surface area contributed by atoms with Crippen molar-refractivity contribution < 1.29 is 4.79 Å². The van der Waals surface area contributed by atoms with Gasteiger partial charge in [0.1, 0.15) is 0 Å². The van der Waals surface area contributed by atoms with Crippen molar-refractivity contribution in [1.82, 2.24) is 14.7 Å². The van der Waals surface area contributed by atoms with Crippen LogP contribution in [0.4, 0.5) is 0 Å². The van der Waals surface area contributed by atoms with Gasteiger partial charge in [-0.1, -0.05) is 0 Å². The van der Waals surface area contributed by atoms with E-state index in [-0.39, 0.29) is 5.91 Å². The van der Waals surface area contributed by atoms with Crippen LogP contribution < -0.4 is 0 Å². The molecule has 2 atom stereocenters. The first-order chi connectivity index (χ1) is 10.1. The second kappa shape index (κ2) is 7.77. The fourth-order valence-electron chi connectivity index (χ4n) is 3.72. The molecule has 5 heteroatoms. The first-order valence-electron chi connectivity index (χ1n) is 8.15. The van der Waals surface area contributed by atoms with Crippen molar-refractivity contribution in [2.45, 2.75) is 38.1 Å². The number of hydrogen-bond acceptors (Lipinski definition) is 4. The predicted octanol–water partition coefficient (Wildman–Crippen LogP) is 1.16. The monoisotopic (exact) mass is 292 g/mol. The number of carbonyl (C=O) groups is 1. The molecule has 2 heterocycles. The van der Waals surface area contributed by atoms with Crippen LogP contribution in [0.3, 0.4) is 0 Å². The summed E-state index contributed by atoms with van der Waals surface area (Å²) in [5.41, 5.74) is 0. The Morgan fingerprint density at radius 3 is 2.95 bits per heavy atom. The highest BCUT2D eigenvalue weighted by atomic mass is 16.2. The minimum Gasteiger partial charge on any atom is -0.345 e. The molecular weight excluding hydrogens is 264 g/mol. The van der Waals surface area contributed by atoms with Crippen molar-refractivity contribution in [3.63, 3.8) is 0 Å². The van der Waals surface area contributed by atoms with Gasteiger partial charge in [0, 0.05) is 39.1 Å². The summed E-state index contributed by atoms with van der Waals surface area (Å²) >= 11 is 0. The van der Waals surface area contributed by atoms with Crippen molar-refractivity contribution in [3.8, 4) is 6.07 Å². The first-order valence-corrected chi connectivity index (χ1v) is 8.15. The molecule has 5 nitrogen and oxygen atoms in total. The highest BCUT2D eigenvalue weighted by Gasteiger charge is 2.34. The Balaban J connectivity index is 1.72. The summed E-state index contributed by atoms with van der Waals surface area (Å²) in [6.45, 7) is 4.90. The van der Waals surface area contributed by atoms with Crippen molar-refractivity contribution in [2.75, 3.05) is 46.8 Å². The van der Waals surface area contributed by atoms with Gasteiger partial charge < -0.3 is 14.7 Å². The molecule has 0 saturated carbocycles. The van der Waals surface area contributed by atoms with E-state index < -0.39 is 0 Å². The lowest BCUT2D eigenvalue weighted by Crippen LogP contribution is -2.53. The van der Waals surface area contributed by atoms with E-state index in [2.05, 4.69) is 22.9 Å². The molecule has 2 fully saturated rings. The van der Waals surface area contributed by atoms with Crippen molar-refractivity contribution >= 4 is 5.91 Å². The minimum absolute atomic E-state index is 0.160. The Bertz CT molecular complexity index is 392. The summed E-state index contributed by atoms with van der Waals surface area (Å²) in [5.74, 6) is 0.942. The second-order valence-corrected chi connectivity index (χ2v) is 6.51. The summed E-state index contributed by atoms with van der Waals surface area (Å²) in [6, 6.07) is 2.84. The summed E-state index contributed by atoms with van der Waals surface area (Å²) in [6.07, 6.45) is 4.87. The number of piperidine rings is 2. The van der Waals surface area contributed by atoms with E-state index in [0.717, 1.165) is 31.6 Å². The van der Waals surface area contributed by atoms with Crippen LogP contribution in [0.1, 0.15) is 32.1 Å². The van der Waals surface area contributed by atoms with Crippen LogP contribution in [0.25, 0.3) is 0 Å². The van der Waals surface area contributed by atoms with E-state index in [1.54, 1.807) is 11.9 Å². The lowest BCUT2D eigenvalue weighted by atomic mass is 9.84. The van der Waals surface area contributed by atoms with Crippen LogP contribution in [0.15, 0.2) is 0 Å². The summed E-state index contributed by atoms with van der Waals surface area (Å²) in [5, 5.41) is 8.56. The van der Waals surface area contributed by atoms with Gasteiger partial charge in [0.15, 0.2) is 0 Å². The van der Waals surface area contributed by atoms with E-state index >= 15 is 0 Å². The van der Waals surface area contributed by atoms with Crippen LogP contribution in [0.2, 0.25) is 0 Å². The topological polar surface area (TPSA) is 50.6 Å². The number of likely N-dealkylation sites (tertiary alicyclic amines) is 2. The zero-order valence-corrected chi connectivity index (χ0v) is 13.4. The number of rotatable bonds is 5. The molecule has 0 spiro atoms. The Morgan fingerprint density at radius 2 is 2.19 bits per heavy atom. The number of nitrogens with zero attached hydrogens (tertiary/aromatic N) is 4. The minimum atomic E-state index is 0.160. The van der Waals surface area contributed by atoms with Gasteiger partial charge in [-0.2, -0.15) is 5.26 Å². The lowest BCUT2D eigenvalue weighted by molar-refractivity contribution is -0.130. The quantitative estimate of drug-likeness (QED) is 0.763. The van der Waals surface area contributed by atoms with Gasteiger partial charge in [-0.15, -0.1) is 0 Å². The van der Waals surface area contributed by atoms with E-state index in [4.69, 9.17) is 5.26 Å². The SMILES string of the molecule is CN(CCC#N)C(=O)CCN1CCC2C(CCCN2C)C1. The third-order valence-corrected chi connectivity index (χ3v) is 5.06. The lowest BCUT2D eigenvalue weighted by Gasteiger charge is -2.46. The van der Waals surface area contributed by atoms with Crippen molar-refractivity contribution in [2.24, 2.45) is 5.92 Å². The fourth-order valence-corrected chi connectivity index (χ4v) is 3.72. The Labute approximate surface area is 128 Å². The summed E-state index contributed by atoms with van der Waals surface area (Å²) in [7, 11) is 4.04. The Morgan fingerprint density at radius 1 is 1.38 bits per heavy atom. The van der Waals surface area contributed by atoms with Gasteiger partial charge in [0.05, 0.1) is 12.5 Å². The van der Waals surface area contributed by atoms with Gasteiger partial charge in [-0.05, 0) is 45.3 Å². The molecule has 2 aliphatic rings. The summed E-state index contributed by atoms with van der Waals surface area (Å²) in [4.78, 5) is 18.7. The molecule has 0 aromatic carbocycles. The van der Waals surface area contributed by atoms with Crippen LogP contribution in [0.5, 0.6) is 0 Å². The maximum atomic E-state index is 12.0. The van der Waals surface area contributed by atoms with Crippen molar-refractivity contribution in [1.29, 1.82) is 5.26 Å². The van der Waals surface area contributed by atoms with Gasteiger partial charge >= 0.3 is 0 Å². The molecule has 0 bridgehead atoms. The zero-order valence-electron chi connectivity index (χ0n) is 13.4. The molecule has 2 saturated heterocycles. The average molecular weight is 292 g/mol. The molecule has 2 aliphatic heterocycles. The maximum absolute atomic E-state index is 12.0. The molecule has 21 heavy (non-hydrogen) atoms. The van der Waals surface area contributed by atoms with Gasteiger partial charge in [-0.25, -0.2) is 0 Å². The Kier molecular flexibility index (Phi) is 6.01. The summed E-state index contributed by atoms with van der Waals surface area (Å²) < 4.78 is 0. The Hall–Kier alpha value is -1.12. The standard InChI is InChI=1S/C16H28N4O/c1-18-9-3-5-14-13-20(11-6-15(14)18)12-7-16(21)19(2)10-4-8-17/h14-15H,3-7,9-13H2,1-2H3. The maximum Gasteiger partial charge on any atom is 0.223 e. The van der Waals surface area contributed by atoms with Crippen LogP contribution >= 0.6 is 0 Å². The van der Waals surface area contributed by atoms with E-state index in [1.807, 2.05) is 0 Å². The molecule has 0 aromatic heterocycles. The van der Waals surface area contributed by atoms with Gasteiger partial charge in [0.25, 0.3) is 0 Å². The predicted molar refractivity (Wildman–Crippen MR) is 82.7 cm³/mol. The van der Waals surface area contributed by atoms with Gasteiger partial charge in [0.2, 0.25) is 5.91 Å². The molecule has 2 unspecified atom stereocenters. The number of amides is 1. The normalized spacial score (nSPS) is 26.9. The smallest absolute Gasteiger partial charge is 0.223 e. The highest BCUT2D eigenvalue weighted by Crippen LogP contribution is 2.29. The third-order valence-electron chi connectivity index (χ3n) is 5.06. The number of nitriles is 1. The van der Waals surface area contributed by atoms with Crippen LogP contribution in [0, 0.1) is 17.2 Å². The van der Waals surface area contributed by atoms with Crippen LogP contribution in [-0.4, -0.2) is 73.5 Å². The molecule has 0 aliphatic carbocycles. The third kappa shape index (κ3) is 4.42. The first kappa shape index (κ1) is 16.3. The average Bonchev–Trinajstić information content (AvgIpc) is 2.50. The number of carbonyl (C=O) groups excluding carboxylic acids is 1. The second-order valence-electron chi connectivity index (χ2n) is 6.51. The molecule has 0 radical (unpaired) electrons. The molecule has 118 valence electrons. The van der Waals surface area contributed by atoms with Crippen molar-refractivity contribution in [3.05, 3.63) is 0 Å². The largest absolute Gasteiger partial charge is 0.345 e. The van der Waals surface area contributed by atoms with E-state index in [9.17, 15) is 4.79 Å². The highest BCUT2D eigenvalue weighted by molar-refractivity contribution is 5.76. The molecule has 0 N–H and O–H groups in total. The van der Waals surface area contributed by atoms with Crippen LogP contribution in [-0.2, 0) is 4.79 Å². The molecular formula is C16H28N4O. The number of fused-ring (bicyclic) bond motifs is 1. The molecule has 1 amide bonds.